The van der Waals surface area contributed by atoms with Crippen LogP contribution in [0.1, 0.15) is 138 Å². The van der Waals surface area contributed by atoms with E-state index in [0.29, 0.717) is 11.6 Å². The van der Waals surface area contributed by atoms with Crippen LogP contribution >= 0.6 is 0 Å². The molecule has 1 saturated heterocycles. The predicted molar refractivity (Wildman–Crippen MR) is 240 cm³/mol. The van der Waals surface area contributed by atoms with E-state index in [9.17, 15) is 14.7 Å². The Labute approximate surface area is 350 Å². The molecule has 6 rings (SSSR count). The molecule has 3 aromatic rings. The zero-order chi connectivity index (χ0) is 42.7. The van der Waals surface area contributed by atoms with Crippen molar-refractivity contribution in [1.82, 2.24) is 20.3 Å². The molecule has 1 unspecified atom stereocenters. The van der Waals surface area contributed by atoms with Gasteiger partial charge in [0.2, 0.25) is 0 Å². The number of allylic oxidation sites excluding steroid dienone is 2. The lowest BCUT2D eigenvalue weighted by atomic mass is 9.80. The van der Waals surface area contributed by atoms with Crippen molar-refractivity contribution in [3.8, 4) is 0 Å². The highest BCUT2D eigenvalue weighted by Crippen LogP contribution is 2.42. The molecule has 0 radical (unpaired) electrons. The van der Waals surface area contributed by atoms with Gasteiger partial charge in [-0.3, -0.25) is 9.59 Å². The molecule has 1 fully saturated rings. The number of H-pyrrole nitrogens is 3. The third-order valence-corrected chi connectivity index (χ3v) is 13.4. The summed E-state index contributed by atoms with van der Waals surface area (Å²) in [5.41, 5.74) is 11.1. The van der Waals surface area contributed by atoms with Crippen molar-refractivity contribution in [1.29, 1.82) is 0 Å². The maximum atomic E-state index is 13.6. The first-order chi connectivity index (χ1) is 28.2. The third kappa shape index (κ3) is 9.00. The van der Waals surface area contributed by atoms with Gasteiger partial charge in [0.1, 0.15) is 18.3 Å². The summed E-state index contributed by atoms with van der Waals surface area (Å²) in [4.78, 5) is 38.0. The minimum Gasteiger partial charge on any atom is -0.510 e. The van der Waals surface area contributed by atoms with Gasteiger partial charge in [-0.15, -0.1) is 0 Å². The summed E-state index contributed by atoms with van der Waals surface area (Å²) < 4.78 is 11.1. The van der Waals surface area contributed by atoms with Crippen molar-refractivity contribution < 1.29 is 24.2 Å². The first-order valence-corrected chi connectivity index (χ1v) is 22.0. The van der Waals surface area contributed by atoms with Crippen LogP contribution in [0.2, 0.25) is 0 Å². The number of nitrogens with one attached hydrogen (secondary N) is 4. The van der Waals surface area contributed by atoms with Gasteiger partial charge in [0.15, 0.2) is 0 Å². The minimum atomic E-state index is -0.992. The lowest BCUT2D eigenvalue weighted by molar-refractivity contribution is -0.143. The van der Waals surface area contributed by atoms with Crippen LogP contribution in [0, 0.1) is 50.4 Å². The number of rotatable bonds is 16. The first-order valence-electron chi connectivity index (χ1n) is 22.0. The van der Waals surface area contributed by atoms with Gasteiger partial charge < -0.3 is 34.8 Å². The number of aliphatic hydroxyl groups excluding tert-OH is 1. The Bertz CT molecular complexity index is 2400. The lowest BCUT2D eigenvalue weighted by Crippen LogP contribution is -2.38. The number of aliphatic hydroxyl groups is 1. The molecule has 0 spiro atoms. The Hall–Kier alpha value is -4.92. The molecule has 2 aliphatic heterocycles. The van der Waals surface area contributed by atoms with E-state index >= 15 is 0 Å². The number of fused-ring (bicyclic) bond motifs is 8. The van der Waals surface area contributed by atoms with Crippen molar-refractivity contribution in [3.63, 3.8) is 0 Å². The van der Waals surface area contributed by atoms with Gasteiger partial charge in [-0.25, -0.2) is 0 Å². The molecule has 1 aliphatic carbocycles. The Morgan fingerprint density at radius 2 is 1.63 bits per heavy atom. The second-order valence-corrected chi connectivity index (χ2v) is 17.9. The van der Waals surface area contributed by atoms with Gasteiger partial charge in [0.25, 0.3) is 0 Å². The zero-order valence-electron chi connectivity index (χ0n) is 37.2. The van der Waals surface area contributed by atoms with E-state index in [1.807, 2.05) is 19.1 Å². The molecule has 3 aliphatic rings. The van der Waals surface area contributed by atoms with Crippen molar-refractivity contribution in [2.45, 2.75) is 126 Å². The van der Waals surface area contributed by atoms with Gasteiger partial charge in [-0.05, 0) is 123 Å². The van der Waals surface area contributed by atoms with E-state index in [-0.39, 0.29) is 36.6 Å². The van der Waals surface area contributed by atoms with E-state index in [2.05, 4.69) is 100 Å². The summed E-state index contributed by atoms with van der Waals surface area (Å²) >= 11 is 0. The zero-order valence-corrected chi connectivity index (χ0v) is 37.2. The van der Waals surface area contributed by atoms with Crippen LogP contribution in [0.25, 0.3) is 35.6 Å². The number of esters is 2. The van der Waals surface area contributed by atoms with Crippen LogP contribution in [-0.2, 0) is 25.5 Å². The molecule has 5 N–H and O–H groups in total. The number of hydrogen-bond donors (Lipinski definition) is 5. The molecule has 318 valence electrons. The number of aromatic amines is 3. The standard InChI is InChI=1S/C50H68N4O5/c1-12-34-30(7)37-24-39-32(9)36(20-21-43(55)59-23-22-29(6)19-15-18-28(5)17-14-16-27(3)4)47(53-39)45-46(50(57)58-11)49(56)44-33(10)40(54-48(44)45)26-42-35(13-2)31(8)38(52-42)25-41(34)51-37/h12,22,24-28,32,36,46-47,51-54,56H,1,13-21,23H2,2-11H3/b29-22+,38-25-,39-24-,42-26-/t28-,32+,36+,46-,47?/m1/s1. The van der Waals surface area contributed by atoms with Gasteiger partial charge in [0, 0.05) is 56.6 Å². The molecule has 8 bridgehead atoms. The highest BCUT2D eigenvalue weighted by Gasteiger charge is 2.47. The monoisotopic (exact) mass is 805 g/mol. The van der Waals surface area contributed by atoms with Gasteiger partial charge in [0.05, 0.1) is 18.5 Å². The van der Waals surface area contributed by atoms with Crippen LogP contribution in [0.4, 0.5) is 0 Å². The van der Waals surface area contributed by atoms with Crippen LogP contribution in [0.15, 0.2) is 23.9 Å². The molecule has 0 aromatic carbocycles. The topological polar surface area (TPSA) is 132 Å². The Kier molecular flexibility index (Phi) is 13.7. The SMILES string of the molecule is C=Cc1c2[nH]c(c1C)/C=C1\NC(C3=c4[nH]c(c(C)c4=C(O)[C@@H]3C(=O)OC)/C=c3\[nH]/c(c(C)c3CC)=C\2)[C@@H](CCC(=O)OC/C=C(\C)CCC[C@H](C)CCCC(C)C)[C@@H]1C. The average molecular weight is 805 g/mol. The number of hydrogen-bond acceptors (Lipinski definition) is 6. The molecular formula is C50H68N4O5. The lowest BCUT2D eigenvalue weighted by Gasteiger charge is -2.26. The average Bonchev–Trinajstić information content (AvgIpc) is 3.94. The van der Waals surface area contributed by atoms with Crippen LogP contribution in [0.3, 0.4) is 0 Å². The van der Waals surface area contributed by atoms with Crippen molar-refractivity contribution in [2.24, 2.45) is 29.6 Å². The molecule has 0 amide bonds. The van der Waals surface area contributed by atoms with Gasteiger partial charge in [-0.2, -0.15) is 0 Å². The molecular weight excluding hydrogens is 737 g/mol. The summed E-state index contributed by atoms with van der Waals surface area (Å²) in [5.74, 6) is -0.423. The Balaban J connectivity index is 1.33. The summed E-state index contributed by atoms with van der Waals surface area (Å²) in [7, 11) is 1.36. The van der Waals surface area contributed by atoms with Crippen molar-refractivity contribution >= 4 is 47.6 Å². The smallest absolute Gasteiger partial charge is 0.320 e. The summed E-state index contributed by atoms with van der Waals surface area (Å²) in [5, 5.41) is 19.1. The van der Waals surface area contributed by atoms with E-state index in [0.717, 1.165) is 92.2 Å². The summed E-state index contributed by atoms with van der Waals surface area (Å²) in [6, 6.07) is -0.393. The first kappa shape index (κ1) is 43.7. The summed E-state index contributed by atoms with van der Waals surface area (Å²) in [6.45, 7) is 24.0. The fourth-order valence-electron chi connectivity index (χ4n) is 9.76. The molecule has 3 aromatic heterocycles. The van der Waals surface area contributed by atoms with E-state index in [1.54, 1.807) is 0 Å². The molecule has 0 saturated carbocycles. The molecule has 5 heterocycles. The fourth-order valence-corrected chi connectivity index (χ4v) is 9.76. The molecule has 9 nitrogen and oxygen atoms in total. The van der Waals surface area contributed by atoms with Crippen molar-refractivity contribution in [2.75, 3.05) is 13.7 Å². The normalized spacial score (nSPS) is 22.3. The largest absolute Gasteiger partial charge is 0.510 e. The quantitative estimate of drug-likeness (QED) is 0.0751. The maximum absolute atomic E-state index is 13.6. The second kappa shape index (κ2) is 18.6. The highest BCUT2D eigenvalue weighted by atomic mass is 16.5. The van der Waals surface area contributed by atoms with E-state index in [1.165, 1.54) is 49.5 Å². The Morgan fingerprint density at radius 1 is 0.915 bits per heavy atom. The predicted octanol–water partition coefficient (Wildman–Crippen LogP) is 7.56. The number of ether oxygens (including phenoxy) is 2. The molecule has 5 atom stereocenters. The maximum Gasteiger partial charge on any atom is 0.320 e. The van der Waals surface area contributed by atoms with Gasteiger partial charge >= 0.3 is 11.9 Å². The van der Waals surface area contributed by atoms with Crippen LogP contribution < -0.4 is 26.6 Å². The second-order valence-electron chi connectivity index (χ2n) is 17.9. The highest BCUT2D eigenvalue weighted by molar-refractivity contribution is 5.95. The number of carbonyl (C=O) groups is 2. The number of carbonyl (C=O) groups excluding carboxylic acids is 2. The minimum absolute atomic E-state index is 0.0166. The van der Waals surface area contributed by atoms with Crippen LogP contribution in [-0.4, -0.2) is 51.8 Å². The number of aromatic nitrogens is 3. The van der Waals surface area contributed by atoms with Crippen molar-refractivity contribution in [3.05, 3.63) is 90.1 Å². The molecule has 9 heteroatoms. The number of methoxy groups -OCH3 is 1. The molecule has 59 heavy (non-hydrogen) atoms. The van der Waals surface area contributed by atoms with E-state index < -0.39 is 17.9 Å². The third-order valence-electron chi connectivity index (χ3n) is 13.4. The van der Waals surface area contributed by atoms with Gasteiger partial charge in [-0.1, -0.05) is 78.5 Å². The fraction of sp³-hybridized carbons (Fsp3) is 0.520. The van der Waals surface area contributed by atoms with Crippen LogP contribution in [0.5, 0.6) is 0 Å². The Morgan fingerprint density at radius 3 is 2.32 bits per heavy atom. The van der Waals surface area contributed by atoms with E-state index in [4.69, 9.17) is 9.47 Å². The summed E-state index contributed by atoms with van der Waals surface area (Å²) in [6.07, 6.45) is 19.2.